The molecule has 0 spiro atoms. The third-order valence-electron chi connectivity index (χ3n) is 1.07. The van der Waals surface area contributed by atoms with Gasteiger partial charge in [0.25, 0.3) is 0 Å². The van der Waals surface area contributed by atoms with Gasteiger partial charge in [-0.25, -0.2) is 0 Å². The minimum Gasteiger partial charge on any atom is -0.476 e. The van der Waals surface area contributed by atoms with Crippen LogP contribution in [0.3, 0.4) is 0 Å². The van der Waals surface area contributed by atoms with Crippen LogP contribution in [0.5, 0.6) is 0 Å². The molecule has 0 rings (SSSR count). The second-order valence-corrected chi connectivity index (χ2v) is 5.29. The van der Waals surface area contributed by atoms with E-state index in [0.29, 0.717) is 0 Å². The Hall–Kier alpha value is -1.22. The van der Waals surface area contributed by atoms with Crippen molar-refractivity contribution in [1.82, 2.24) is 0 Å². The van der Waals surface area contributed by atoms with Crippen molar-refractivity contribution in [3.05, 3.63) is 0 Å². The predicted octanol–water partition coefficient (Wildman–Crippen LogP) is 2.57. The van der Waals surface area contributed by atoms with Gasteiger partial charge in [-0.1, -0.05) is 11.8 Å². The van der Waals surface area contributed by atoms with Gasteiger partial charge in [0.2, 0.25) is 0 Å². The monoisotopic (exact) mass is 205 g/mol. The first-order valence-electron chi connectivity index (χ1n) is 4.88. The lowest BCUT2D eigenvalue weighted by atomic mass is 9.99. The van der Waals surface area contributed by atoms with Crippen LogP contribution in [0.4, 0.5) is 0 Å². The van der Waals surface area contributed by atoms with Crippen LogP contribution in [-0.2, 0) is 9.31 Å². The Labute approximate surface area is 94.0 Å². The summed E-state index contributed by atoms with van der Waals surface area (Å²) in [6.07, 6.45) is 5.05. The van der Waals surface area contributed by atoms with Crippen molar-refractivity contribution in [1.29, 1.82) is 0 Å². The summed E-state index contributed by atoms with van der Waals surface area (Å²) in [6.45, 7) is 12.0. The molecule has 0 atom stereocenters. The largest absolute Gasteiger partial charge is 0.676 e. The van der Waals surface area contributed by atoms with E-state index in [9.17, 15) is 0 Å². The van der Waals surface area contributed by atoms with Gasteiger partial charge in [-0.3, -0.25) is 0 Å². The van der Waals surface area contributed by atoms with Gasteiger partial charge < -0.3 is 9.31 Å². The lowest BCUT2D eigenvalue weighted by molar-refractivity contribution is 0.408. The molecule has 0 aromatic heterocycles. The molecule has 0 saturated carbocycles. The maximum atomic E-state index is 4.81. The van der Waals surface area contributed by atoms with Crippen LogP contribution in [-0.4, -0.2) is 7.69 Å². The molecule has 0 unspecified atom stereocenters. The van der Waals surface area contributed by atoms with Crippen molar-refractivity contribution in [2.75, 3.05) is 0 Å². The van der Waals surface area contributed by atoms with Crippen LogP contribution < -0.4 is 0 Å². The highest BCUT2D eigenvalue weighted by Gasteiger charge is 2.05. The van der Waals surface area contributed by atoms with Crippen molar-refractivity contribution >= 4 is 7.69 Å². The third-order valence-corrected chi connectivity index (χ3v) is 1.07. The predicted molar refractivity (Wildman–Crippen MR) is 62.4 cm³/mol. The van der Waals surface area contributed by atoms with Crippen molar-refractivity contribution in [3.63, 3.8) is 0 Å². The number of rotatable bonds is 2. The molecule has 0 heterocycles. The summed E-state index contributed by atoms with van der Waals surface area (Å²) in [5.74, 6) is 5.79. The fourth-order valence-electron chi connectivity index (χ4n) is 0.437. The molecule has 0 saturated heterocycles. The van der Waals surface area contributed by atoms with Gasteiger partial charge in [-0.05, 0) is 41.5 Å². The molecule has 0 N–H and O–H groups in total. The van der Waals surface area contributed by atoms with Gasteiger partial charge in [-0.2, -0.15) is 0 Å². The molecule has 0 aromatic carbocycles. The summed E-state index contributed by atoms with van der Waals surface area (Å²) >= 11 is 0. The highest BCUT2D eigenvalue weighted by molar-refractivity contribution is 6.19. The van der Waals surface area contributed by atoms with E-state index in [-0.39, 0.29) is 10.8 Å². The van der Waals surface area contributed by atoms with Gasteiger partial charge in [0.05, 0.1) is 12.2 Å². The second kappa shape index (κ2) is 5.61. The summed E-state index contributed by atoms with van der Waals surface area (Å²) in [7, 11) is 1.14. The van der Waals surface area contributed by atoms with E-state index in [1.807, 2.05) is 41.5 Å². The SMILES string of the molecule is CC(C)(C)C#CO[B]OC#CC(C)(C)C. The van der Waals surface area contributed by atoms with E-state index in [0.717, 1.165) is 7.69 Å². The second-order valence-electron chi connectivity index (χ2n) is 5.29. The molecule has 0 fully saturated rings. The first-order valence-corrected chi connectivity index (χ1v) is 4.88. The van der Waals surface area contributed by atoms with Crippen LogP contribution in [0, 0.1) is 34.9 Å². The highest BCUT2D eigenvalue weighted by Crippen LogP contribution is 2.10. The molecule has 15 heavy (non-hydrogen) atoms. The van der Waals surface area contributed by atoms with E-state index in [1.54, 1.807) is 0 Å². The zero-order valence-corrected chi connectivity index (χ0v) is 10.4. The maximum Gasteiger partial charge on any atom is 0.676 e. The van der Waals surface area contributed by atoms with Gasteiger partial charge in [0.15, 0.2) is 0 Å². The van der Waals surface area contributed by atoms with E-state index in [2.05, 4.69) is 24.1 Å². The molecule has 2 nitrogen and oxygen atoms in total. The van der Waals surface area contributed by atoms with Gasteiger partial charge in [0.1, 0.15) is 0 Å². The van der Waals surface area contributed by atoms with Gasteiger partial charge in [0, 0.05) is 10.8 Å². The molecule has 1 radical (unpaired) electrons. The Morgan fingerprint density at radius 3 is 1.33 bits per heavy atom. The summed E-state index contributed by atoms with van der Waals surface area (Å²) in [5, 5.41) is 0. The van der Waals surface area contributed by atoms with Crippen molar-refractivity contribution in [2.45, 2.75) is 41.5 Å². The summed E-state index contributed by atoms with van der Waals surface area (Å²) in [4.78, 5) is 0. The Morgan fingerprint density at radius 1 is 0.733 bits per heavy atom. The van der Waals surface area contributed by atoms with Crippen LogP contribution in [0.1, 0.15) is 41.5 Å². The maximum absolute atomic E-state index is 4.81. The fraction of sp³-hybridized carbons (Fsp3) is 0.667. The van der Waals surface area contributed by atoms with Gasteiger partial charge in [-0.15, -0.1) is 0 Å². The normalized spacial score (nSPS) is 10.3. The van der Waals surface area contributed by atoms with E-state index in [4.69, 9.17) is 9.31 Å². The molecule has 81 valence electrons. The summed E-state index contributed by atoms with van der Waals surface area (Å²) in [6, 6.07) is 0. The molecule has 0 aliphatic rings. The van der Waals surface area contributed by atoms with Crippen molar-refractivity contribution in [3.8, 4) is 24.1 Å². The lowest BCUT2D eigenvalue weighted by Crippen LogP contribution is -2.03. The first-order chi connectivity index (χ1) is 6.71. The topological polar surface area (TPSA) is 18.5 Å². The zero-order chi connectivity index (χ0) is 11.9. The van der Waals surface area contributed by atoms with Gasteiger partial charge >= 0.3 is 7.69 Å². The Bertz CT molecular complexity index is 267. The molecule has 0 aliphatic heterocycles. The Kier molecular flexibility index (Phi) is 5.16. The quantitative estimate of drug-likeness (QED) is 0.392. The number of hydrogen-bond donors (Lipinski definition) is 0. The smallest absolute Gasteiger partial charge is 0.476 e. The highest BCUT2D eigenvalue weighted by atomic mass is 16.6. The van der Waals surface area contributed by atoms with E-state index < -0.39 is 0 Å². The number of hydrogen-bond acceptors (Lipinski definition) is 2. The Balaban J connectivity index is 3.72. The first kappa shape index (κ1) is 13.8. The standard InChI is InChI=1S/C12H18BO2/c1-11(2,3)7-9-14-13-15-10-8-12(4,5)6/h1-6H3. The average Bonchev–Trinajstić information content (AvgIpc) is 1.98. The summed E-state index contributed by atoms with van der Waals surface area (Å²) in [5.41, 5.74) is -0.129. The molecule has 0 aliphatic carbocycles. The summed E-state index contributed by atoms with van der Waals surface area (Å²) < 4.78 is 9.63. The van der Waals surface area contributed by atoms with E-state index >= 15 is 0 Å². The van der Waals surface area contributed by atoms with Crippen LogP contribution >= 0.6 is 0 Å². The molecule has 0 aromatic rings. The minimum atomic E-state index is -0.0646. The fourth-order valence-corrected chi connectivity index (χ4v) is 0.437. The van der Waals surface area contributed by atoms with Crippen molar-refractivity contribution < 1.29 is 9.31 Å². The lowest BCUT2D eigenvalue weighted by Gasteiger charge is -2.06. The molecule has 0 amide bonds. The molecule has 3 heteroatoms. The Morgan fingerprint density at radius 2 is 1.07 bits per heavy atom. The van der Waals surface area contributed by atoms with Crippen LogP contribution in [0.15, 0.2) is 0 Å². The van der Waals surface area contributed by atoms with Crippen LogP contribution in [0.2, 0.25) is 0 Å². The van der Waals surface area contributed by atoms with Crippen molar-refractivity contribution in [2.24, 2.45) is 10.8 Å². The average molecular weight is 205 g/mol. The molecule has 0 bridgehead atoms. The molecular formula is C12H18BO2. The van der Waals surface area contributed by atoms with E-state index in [1.165, 1.54) is 0 Å². The third kappa shape index (κ3) is 12.8. The zero-order valence-electron chi connectivity index (χ0n) is 10.4. The molecular weight excluding hydrogens is 187 g/mol. The minimum absolute atomic E-state index is 0.0646. The van der Waals surface area contributed by atoms with Crippen LogP contribution in [0.25, 0.3) is 0 Å².